The van der Waals surface area contributed by atoms with Crippen molar-refractivity contribution in [3.05, 3.63) is 48.0 Å². The van der Waals surface area contributed by atoms with Gasteiger partial charge in [0, 0.05) is 49.9 Å². The lowest BCUT2D eigenvalue weighted by Gasteiger charge is -2.35. The van der Waals surface area contributed by atoms with Crippen LogP contribution in [0.1, 0.15) is 17.3 Å². The number of carbonyl (C=O) groups excluding carboxylic acids is 2. The zero-order chi connectivity index (χ0) is 19.7. The highest BCUT2D eigenvalue weighted by molar-refractivity contribution is 6.00. The standard InChI is InChI=1S/C20H20N4O4/c1-13(25)23-8-10-24(11-9-23)16-5-2-14(3-6-16)19-17-12-15(20(26)21-27)4-7-18(17)22-28-19/h2-7,12,27H,8-11H2,1H3,(H,21,26). The molecule has 2 aromatic carbocycles. The number of carbonyl (C=O) groups is 2. The Morgan fingerprint density at radius 2 is 1.79 bits per heavy atom. The number of nitrogens with one attached hydrogen (secondary N) is 1. The third-order valence-electron chi connectivity index (χ3n) is 5.06. The summed E-state index contributed by atoms with van der Waals surface area (Å²) in [5, 5.41) is 13.6. The molecule has 8 heteroatoms. The van der Waals surface area contributed by atoms with Crippen LogP contribution in [0.15, 0.2) is 47.0 Å². The van der Waals surface area contributed by atoms with Gasteiger partial charge in [-0.3, -0.25) is 14.8 Å². The molecule has 1 aromatic heterocycles. The summed E-state index contributed by atoms with van der Waals surface area (Å²) in [5.41, 5.74) is 4.51. The van der Waals surface area contributed by atoms with E-state index in [1.807, 2.05) is 29.2 Å². The summed E-state index contributed by atoms with van der Waals surface area (Å²) in [6, 6.07) is 12.8. The fraction of sp³-hybridized carbons (Fsp3) is 0.250. The molecule has 0 spiro atoms. The number of piperazine rings is 1. The molecule has 144 valence electrons. The second-order valence-corrected chi connectivity index (χ2v) is 6.72. The Kier molecular flexibility index (Phi) is 4.70. The highest BCUT2D eigenvalue weighted by atomic mass is 16.5. The SMILES string of the molecule is CC(=O)N1CCN(c2ccc(-c3onc4ccc(C(=O)NO)cc34)cc2)CC1. The van der Waals surface area contributed by atoms with Crippen LogP contribution in [0.2, 0.25) is 0 Å². The first-order valence-corrected chi connectivity index (χ1v) is 9.01. The minimum Gasteiger partial charge on any atom is -0.368 e. The second-order valence-electron chi connectivity index (χ2n) is 6.72. The van der Waals surface area contributed by atoms with Crippen LogP contribution in [0.3, 0.4) is 0 Å². The van der Waals surface area contributed by atoms with Crippen molar-refractivity contribution in [3.8, 4) is 11.3 Å². The highest BCUT2D eigenvalue weighted by Crippen LogP contribution is 2.31. The van der Waals surface area contributed by atoms with Gasteiger partial charge in [-0.05, 0) is 42.5 Å². The van der Waals surface area contributed by atoms with Crippen molar-refractivity contribution < 1.29 is 19.3 Å². The van der Waals surface area contributed by atoms with Gasteiger partial charge in [-0.15, -0.1) is 0 Å². The summed E-state index contributed by atoms with van der Waals surface area (Å²) < 4.78 is 5.49. The van der Waals surface area contributed by atoms with E-state index in [2.05, 4.69) is 10.1 Å². The van der Waals surface area contributed by atoms with E-state index < -0.39 is 5.91 Å². The van der Waals surface area contributed by atoms with Crippen LogP contribution in [0.4, 0.5) is 5.69 Å². The number of aromatic nitrogens is 1. The first kappa shape index (κ1) is 18.0. The number of hydroxylamine groups is 1. The molecule has 0 radical (unpaired) electrons. The number of amides is 2. The van der Waals surface area contributed by atoms with Crippen molar-refractivity contribution in [2.75, 3.05) is 31.1 Å². The van der Waals surface area contributed by atoms with Gasteiger partial charge in [-0.1, -0.05) is 5.16 Å². The minimum atomic E-state index is -0.589. The van der Waals surface area contributed by atoms with Gasteiger partial charge >= 0.3 is 0 Å². The van der Waals surface area contributed by atoms with E-state index in [9.17, 15) is 9.59 Å². The van der Waals surface area contributed by atoms with Crippen LogP contribution < -0.4 is 10.4 Å². The molecule has 2 heterocycles. The van der Waals surface area contributed by atoms with Crippen LogP contribution >= 0.6 is 0 Å². The van der Waals surface area contributed by atoms with Crippen LogP contribution in [0.25, 0.3) is 22.2 Å². The van der Waals surface area contributed by atoms with Gasteiger partial charge in [0.15, 0.2) is 5.76 Å². The van der Waals surface area contributed by atoms with Gasteiger partial charge in [-0.2, -0.15) is 0 Å². The number of rotatable bonds is 3. The summed E-state index contributed by atoms with van der Waals surface area (Å²) >= 11 is 0. The van der Waals surface area contributed by atoms with E-state index in [0.29, 0.717) is 22.2 Å². The van der Waals surface area contributed by atoms with Gasteiger partial charge in [0.2, 0.25) is 5.91 Å². The van der Waals surface area contributed by atoms with Gasteiger partial charge in [0.25, 0.3) is 5.91 Å². The Morgan fingerprint density at radius 3 is 2.43 bits per heavy atom. The average molecular weight is 380 g/mol. The van der Waals surface area contributed by atoms with E-state index in [-0.39, 0.29) is 5.91 Å². The summed E-state index contributed by atoms with van der Waals surface area (Å²) in [5.74, 6) is 0.0890. The molecule has 2 N–H and O–H groups in total. The molecule has 8 nitrogen and oxygen atoms in total. The zero-order valence-electron chi connectivity index (χ0n) is 15.4. The maximum absolute atomic E-state index is 11.7. The Bertz CT molecular complexity index is 1020. The van der Waals surface area contributed by atoms with E-state index >= 15 is 0 Å². The van der Waals surface area contributed by atoms with Crippen LogP contribution in [0.5, 0.6) is 0 Å². The summed E-state index contributed by atoms with van der Waals surface area (Å²) in [4.78, 5) is 27.2. The molecule has 0 unspecified atom stereocenters. The molecule has 1 fully saturated rings. The molecule has 3 aromatic rings. The molecule has 0 aliphatic carbocycles. The van der Waals surface area contributed by atoms with E-state index in [0.717, 1.165) is 37.4 Å². The number of nitrogens with zero attached hydrogens (tertiary/aromatic N) is 3. The van der Waals surface area contributed by atoms with Crippen molar-refractivity contribution in [1.82, 2.24) is 15.5 Å². The van der Waals surface area contributed by atoms with Gasteiger partial charge < -0.3 is 14.3 Å². The van der Waals surface area contributed by atoms with Gasteiger partial charge in [-0.25, -0.2) is 5.48 Å². The Labute approximate surface area is 161 Å². The van der Waals surface area contributed by atoms with Gasteiger partial charge in [0.1, 0.15) is 5.52 Å². The fourth-order valence-electron chi connectivity index (χ4n) is 3.46. The molecule has 0 bridgehead atoms. The molecule has 4 rings (SSSR count). The molecule has 0 atom stereocenters. The van der Waals surface area contributed by atoms with Crippen molar-refractivity contribution in [2.24, 2.45) is 0 Å². The van der Waals surface area contributed by atoms with Crippen LogP contribution in [-0.2, 0) is 4.79 Å². The van der Waals surface area contributed by atoms with E-state index in [1.165, 1.54) is 0 Å². The molecule has 1 aliphatic heterocycles. The third-order valence-corrected chi connectivity index (χ3v) is 5.06. The van der Waals surface area contributed by atoms with Crippen molar-refractivity contribution in [3.63, 3.8) is 0 Å². The Hall–Kier alpha value is -3.39. The minimum absolute atomic E-state index is 0.112. The lowest BCUT2D eigenvalue weighted by molar-refractivity contribution is -0.129. The molecular formula is C20H20N4O4. The second kappa shape index (κ2) is 7.32. The number of hydrogen-bond acceptors (Lipinski definition) is 6. The predicted molar refractivity (Wildman–Crippen MR) is 103 cm³/mol. The van der Waals surface area contributed by atoms with Crippen LogP contribution in [-0.4, -0.2) is 53.3 Å². The maximum atomic E-state index is 11.7. The topological polar surface area (TPSA) is 98.9 Å². The molecule has 1 saturated heterocycles. The van der Waals surface area contributed by atoms with Crippen molar-refractivity contribution in [2.45, 2.75) is 6.92 Å². The molecule has 0 saturated carbocycles. The lowest BCUT2D eigenvalue weighted by Crippen LogP contribution is -2.48. The first-order valence-electron chi connectivity index (χ1n) is 9.01. The first-order chi connectivity index (χ1) is 13.6. The normalized spacial score (nSPS) is 14.4. The Balaban J connectivity index is 1.57. The zero-order valence-corrected chi connectivity index (χ0v) is 15.4. The average Bonchev–Trinajstić information content (AvgIpc) is 3.16. The largest absolute Gasteiger partial charge is 0.368 e. The van der Waals surface area contributed by atoms with Crippen molar-refractivity contribution >= 4 is 28.4 Å². The molecule has 2 amide bonds. The van der Waals surface area contributed by atoms with E-state index in [4.69, 9.17) is 9.73 Å². The predicted octanol–water partition coefficient (Wildman–Crippen LogP) is 2.28. The fourth-order valence-corrected chi connectivity index (χ4v) is 3.46. The van der Waals surface area contributed by atoms with Crippen LogP contribution in [0, 0.1) is 0 Å². The van der Waals surface area contributed by atoms with E-state index in [1.54, 1.807) is 30.6 Å². The highest BCUT2D eigenvalue weighted by Gasteiger charge is 2.19. The quantitative estimate of drug-likeness (QED) is 0.534. The summed E-state index contributed by atoms with van der Waals surface area (Å²) in [6.45, 7) is 4.63. The maximum Gasteiger partial charge on any atom is 0.274 e. The Morgan fingerprint density at radius 1 is 1.07 bits per heavy atom. The number of hydrogen-bond donors (Lipinski definition) is 2. The lowest BCUT2D eigenvalue weighted by atomic mass is 10.1. The molecule has 1 aliphatic rings. The molecule has 28 heavy (non-hydrogen) atoms. The summed E-state index contributed by atoms with van der Waals surface area (Å²) in [7, 11) is 0. The number of benzene rings is 2. The number of fused-ring (bicyclic) bond motifs is 1. The molecular weight excluding hydrogens is 360 g/mol. The monoisotopic (exact) mass is 380 g/mol. The van der Waals surface area contributed by atoms with Gasteiger partial charge in [0.05, 0.1) is 5.39 Å². The smallest absolute Gasteiger partial charge is 0.274 e. The van der Waals surface area contributed by atoms with Crippen molar-refractivity contribution in [1.29, 1.82) is 0 Å². The third kappa shape index (κ3) is 3.29. The summed E-state index contributed by atoms with van der Waals surface area (Å²) in [6.07, 6.45) is 0. The number of anilines is 1.